The standard InChI is InChI=1S/C16H16N2O4S4/c1-3-22-14(19)10-18-12-7-6-11(23-2)9-13(12)25-16(18)17-26(20,21)15-5-4-8-24-15/h4-9H,3,10H2,1-2H3. The number of fused-ring (bicyclic) bond motifs is 1. The zero-order chi connectivity index (χ0) is 18.7. The Morgan fingerprint density at radius 2 is 2.15 bits per heavy atom. The van der Waals surface area contributed by atoms with E-state index in [-0.39, 0.29) is 22.2 Å². The van der Waals surface area contributed by atoms with E-state index in [0.717, 1.165) is 26.4 Å². The third kappa shape index (κ3) is 4.03. The predicted octanol–water partition coefficient (Wildman–Crippen LogP) is 3.34. The SMILES string of the molecule is CCOC(=O)Cn1c(=NS(=O)(=O)c2cccs2)sc2cc(SC)ccc21. The fourth-order valence-electron chi connectivity index (χ4n) is 2.30. The van der Waals surface area contributed by atoms with Crippen molar-refractivity contribution in [1.29, 1.82) is 0 Å². The van der Waals surface area contributed by atoms with Crippen molar-refractivity contribution in [2.75, 3.05) is 12.9 Å². The number of ether oxygens (including phenoxy) is 1. The van der Waals surface area contributed by atoms with Crippen LogP contribution in [0.2, 0.25) is 0 Å². The van der Waals surface area contributed by atoms with E-state index in [0.29, 0.717) is 0 Å². The summed E-state index contributed by atoms with van der Waals surface area (Å²) >= 11 is 3.94. The van der Waals surface area contributed by atoms with Gasteiger partial charge >= 0.3 is 5.97 Å². The molecule has 3 aromatic rings. The molecule has 138 valence electrons. The van der Waals surface area contributed by atoms with E-state index in [1.54, 1.807) is 34.7 Å². The maximum atomic E-state index is 12.5. The number of hydrogen-bond acceptors (Lipinski definition) is 7. The Hall–Kier alpha value is -1.62. The summed E-state index contributed by atoms with van der Waals surface area (Å²) in [6, 6.07) is 8.93. The van der Waals surface area contributed by atoms with Crippen molar-refractivity contribution in [3.05, 3.63) is 40.5 Å². The molecule has 2 heterocycles. The fraction of sp³-hybridized carbons (Fsp3) is 0.250. The molecule has 0 unspecified atom stereocenters. The second-order valence-corrected chi connectivity index (χ2v) is 9.78. The van der Waals surface area contributed by atoms with Crippen LogP contribution in [0.25, 0.3) is 10.2 Å². The lowest BCUT2D eigenvalue weighted by molar-refractivity contribution is -0.143. The van der Waals surface area contributed by atoms with Crippen molar-refractivity contribution in [1.82, 2.24) is 4.57 Å². The molecule has 0 aliphatic rings. The van der Waals surface area contributed by atoms with E-state index in [1.807, 2.05) is 24.5 Å². The van der Waals surface area contributed by atoms with Gasteiger partial charge in [0.05, 0.1) is 16.8 Å². The summed E-state index contributed by atoms with van der Waals surface area (Å²) in [6.07, 6.45) is 1.97. The van der Waals surface area contributed by atoms with Gasteiger partial charge < -0.3 is 9.30 Å². The van der Waals surface area contributed by atoms with Gasteiger partial charge in [-0.3, -0.25) is 4.79 Å². The van der Waals surface area contributed by atoms with Crippen LogP contribution < -0.4 is 4.80 Å². The number of benzene rings is 1. The van der Waals surface area contributed by atoms with Gasteiger partial charge in [-0.05, 0) is 42.8 Å². The molecule has 0 bridgehead atoms. The summed E-state index contributed by atoms with van der Waals surface area (Å²) in [7, 11) is -3.83. The van der Waals surface area contributed by atoms with Gasteiger partial charge in [0.2, 0.25) is 4.80 Å². The molecule has 0 aliphatic heterocycles. The van der Waals surface area contributed by atoms with Crippen molar-refractivity contribution >= 4 is 60.6 Å². The molecule has 0 amide bonds. The average Bonchev–Trinajstić information content (AvgIpc) is 3.24. The molecule has 0 saturated heterocycles. The first kappa shape index (κ1) is 19.2. The number of carbonyl (C=O) groups is 1. The predicted molar refractivity (Wildman–Crippen MR) is 105 cm³/mol. The molecule has 3 rings (SSSR count). The summed E-state index contributed by atoms with van der Waals surface area (Å²) < 4.78 is 36.7. The van der Waals surface area contributed by atoms with Crippen molar-refractivity contribution < 1.29 is 17.9 Å². The van der Waals surface area contributed by atoms with Crippen LogP contribution in [0.15, 0.2) is 49.2 Å². The minimum Gasteiger partial charge on any atom is -0.465 e. The Morgan fingerprint density at radius 1 is 1.35 bits per heavy atom. The number of aromatic nitrogens is 1. The zero-order valence-corrected chi connectivity index (χ0v) is 17.3. The Kier molecular flexibility index (Phi) is 5.86. The molecule has 2 aromatic heterocycles. The first-order valence-corrected chi connectivity index (χ1v) is 12.0. The topological polar surface area (TPSA) is 77.7 Å². The smallest absolute Gasteiger partial charge is 0.326 e. The Labute approximate surface area is 163 Å². The highest BCUT2D eigenvalue weighted by molar-refractivity contribution is 7.98. The molecule has 0 saturated carbocycles. The van der Waals surface area contributed by atoms with E-state index >= 15 is 0 Å². The summed E-state index contributed by atoms with van der Waals surface area (Å²) in [4.78, 5) is 13.3. The maximum absolute atomic E-state index is 12.5. The molecule has 6 nitrogen and oxygen atoms in total. The van der Waals surface area contributed by atoms with E-state index in [1.165, 1.54) is 17.4 Å². The van der Waals surface area contributed by atoms with Gasteiger partial charge in [0.25, 0.3) is 10.0 Å². The van der Waals surface area contributed by atoms with Gasteiger partial charge in [-0.2, -0.15) is 8.42 Å². The van der Waals surface area contributed by atoms with Gasteiger partial charge in [0.1, 0.15) is 10.8 Å². The van der Waals surface area contributed by atoms with E-state index < -0.39 is 16.0 Å². The highest BCUT2D eigenvalue weighted by atomic mass is 32.2. The van der Waals surface area contributed by atoms with Crippen LogP contribution in [-0.4, -0.2) is 31.8 Å². The molecule has 1 aromatic carbocycles. The van der Waals surface area contributed by atoms with Crippen LogP contribution in [-0.2, 0) is 26.1 Å². The van der Waals surface area contributed by atoms with Crippen LogP contribution >= 0.6 is 34.4 Å². The van der Waals surface area contributed by atoms with Crippen molar-refractivity contribution in [2.24, 2.45) is 4.40 Å². The highest BCUT2D eigenvalue weighted by Gasteiger charge is 2.17. The second-order valence-electron chi connectivity index (χ2n) is 5.11. The normalized spacial score (nSPS) is 12.6. The van der Waals surface area contributed by atoms with E-state index in [2.05, 4.69) is 4.40 Å². The number of thiophene rings is 1. The van der Waals surface area contributed by atoms with Gasteiger partial charge in [-0.25, -0.2) is 0 Å². The Morgan fingerprint density at radius 3 is 2.81 bits per heavy atom. The van der Waals surface area contributed by atoms with Crippen LogP contribution in [0.1, 0.15) is 6.92 Å². The van der Waals surface area contributed by atoms with Crippen molar-refractivity contribution in [3.63, 3.8) is 0 Å². The number of thiazole rings is 1. The average molecular weight is 429 g/mol. The lowest BCUT2D eigenvalue weighted by Crippen LogP contribution is -2.23. The number of sulfonamides is 1. The van der Waals surface area contributed by atoms with Crippen LogP contribution in [0.5, 0.6) is 0 Å². The summed E-state index contributed by atoms with van der Waals surface area (Å²) in [6.45, 7) is 1.90. The summed E-state index contributed by atoms with van der Waals surface area (Å²) in [5, 5.41) is 1.69. The lowest BCUT2D eigenvalue weighted by Gasteiger charge is -2.05. The van der Waals surface area contributed by atoms with Gasteiger partial charge in [-0.15, -0.1) is 27.5 Å². The molecule has 0 atom stereocenters. The van der Waals surface area contributed by atoms with Crippen LogP contribution in [0, 0.1) is 0 Å². The van der Waals surface area contributed by atoms with Crippen molar-refractivity contribution in [3.8, 4) is 0 Å². The number of thioether (sulfide) groups is 1. The molecule has 0 fully saturated rings. The van der Waals surface area contributed by atoms with E-state index in [4.69, 9.17) is 4.74 Å². The lowest BCUT2D eigenvalue weighted by atomic mass is 10.3. The maximum Gasteiger partial charge on any atom is 0.326 e. The molecule has 0 N–H and O–H groups in total. The number of rotatable bonds is 6. The second kappa shape index (κ2) is 7.95. The van der Waals surface area contributed by atoms with E-state index in [9.17, 15) is 13.2 Å². The number of carbonyl (C=O) groups excluding carboxylic acids is 1. The van der Waals surface area contributed by atoms with Gasteiger partial charge in [-0.1, -0.05) is 17.4 Å². The largest absolute Gasteiger partial charge is 0.465 e. The zero-order valence-electron chi connectivity index (χ0n) is 14.0. The third-order valence-corrected chi connectivity index (χ3v) is 7.95. The molecular weight excluding hydrogens is 412 g/mol. The molecule has 0 aliphatic carbocycles. The monoisotopic (exact) mass is 428 g/mol. The third-order valence-electron chi connectivity index (χ3n) is 3.43. The van der Waals surface area contributed by atoms with Gasteiger partial charge in [0, 0.05) is 4.90 Å². The first-order valence-electron chi connectivity index (χ1n) is 7.62. The summed E-state index contributed by atoms with van der Waals surface area (Å²) in [5.74, 6) is -0.434. The summed E-state index contributed by atoms with van der Waals surface area (Å²) in [5.41, 5.74) is 0.751. The molecule has 26 heavy (non-hydrogen) atoms. The quantitative estimate of drug-likeness (QED) is 0.444. The number of esters is 1. The van der Waals surface area contributed by atoms with Crippen LogP contribution in [0.4, 0.5) is 0 Å². The van der Waals surface area contributed by atoms with Gasteiger partial charge in [0.15, 0.2) is 0 Å². The Balaban J connectivity index is 2.19. The number of nitrogens with zero attached hydrogens (tertiary/aromatic N) is 2. The minimum atomic E-state index is -3.83. The number of hydrogen-bond donors (Lipinski definition) is 0. The molecule has 0 spiro atoms. The first-order chi connectivity index (χ1) is 12.4. The minimum absolute atomic E-state index is 0.0920. The van der Waals surface area contributed by atoms with Crippen LogP contribution in [0.3, 0.4) is 0 Å². The highest BCUT2D eigenvalue weighted by Crippen LogP contribution is 2.25. The Bertz CT molecular complexity index is 1100. The van der Waals surface area contributed by atoms with Crippen molar-refractivity contribution in [2.45, 2.75) is 22.6 Å². The molecule has 0 radical (unpaired) electrons. The molecular formula is C16H16N2O4S4. The molecule has 10 heteroatoms. The fourth-order valence-corrected chi connectivity index (χ4v) is 6.05.